The molecule has 0 aliphatic carbocycles. The minimum absolute atomic E-state index is 0.179. The van der Waals surface area contributed by atoms with Gasteiger partial charge in [-0.1, -0.05) is 23.9 Å². The van der Waals surface area contributed by atoms with Crippen LogP contribution in [0.15, 0.2) is 53.7 Å². The van der Waals surface area contributed by atoms with Crippen molar-refractivity contribution in [2.75, 3.05) is 16.9 Å². The maximum atomic E-state index is 13.0. The quantitative estimate of drug-likeness (QED) is 0.381. The highest BCUT2D eigenvalue weighted by Gasteiger charge is 2.33. The lowest BCUT2D eigenvalue weighted by Gasteiger charge is -2.13. The van der Waals surface area contributed by atoms with Crippen molar-refractivity contribution < 1.29 is 22.4 Å². The molecule has 0 fully saturated rings. The molecule has 0 radical (unpaired) electrons. The number of benzene rings is 2. The maximum Gasteiger partial charge on any atom is 0.418 e. The minimum atomic E-state index is -4.58. The van der Waals surface area contributed by atoms with Crippen molar-refractivity contribution in [1.29, 1.82) is 0 Å². The third-order valence-corrected chi connectivity index (χ3v) is 4.55. The van der Waals surface area contributed by atoms with Crippen LogP contribution < -0.4 is 11.2 Å². The lowest BCUT2D eigenvalue weighted by atomic mass is 10.1. The number of hydrogen-bond donors (Lipinski definition) is 2. The van der Waals surface area contributed by atoms with E-state index < -0.39 is 23.5 Å². The first-order valence-electron chi connectivity index (χ1n) is 7.81. The lowest BCUT2D eigenvalue weighted by Crippen LogP contribution is -2.19. The molecular formula is C17H13F4N5OS. The van der Waals surface area contributed by atoms with Gasteiger partial charge in [-0.25, -0.2) is 9.07 Å². The summed E-state index contributed by atoms with van der Waals surface area (Å²) in [6.07, 6.45) is -4.58. The Hall–Kier alpha value is -3.08. The number of nitrogens with one attached hydrogen (secondary N) is 1. The zero-order valence-corrected chi connectivity index (χ0v) is 14.9. The second-order valence-corrected chi connectivity index (χ2v) is 6.51. The third-order valence-electron chi connectivity index (χ3n) is 3.61. The topological polar surface area (TPSA) is 85.8 Å². The zero-order chi connectivity index (χ0) is 20.3. The van der Waals surface area contributed by atoms with Gasteiger partial charge in [-0.15, -0.1) is 10.2 Å². The van der Waals surface area contributed by atoms with E-state index in [0.717, 1.165) is 22.5 Å². The molecular weight excluding hydrogens is 398 g/mol. The molecule has 0 spiro atoms. The highest BCUT2D eigenvalue weighted by atomic mass is 32.2. The monoisotopic (exact) mass is 411 g/mol. The van der Waals surface area contributed by atoms with E-state index in [1.54, 1.807) is 0 Å². The normalized spacial score (nSPS) is 11.4. The Kier molecular flexibility index (Phi) is 5.54. The van der Waals surface area contributed by atoms with Crippen LogP contribution in [0.3, 0.4) is 0 Å². The fourth-order valence-electron chi connectivity index (χ4n) is 2.33. The van der Waals surface area contributed by atoms with E-state index >= 15 is 0 Å². The number of halogens is 4. The standard InChI is InChI=1S/C17H13F4N5OS/c18-11-7-5-10(6-8-11)15-24-25-16(26(15)22)28-9-14(27)23-13-4-2-1-3-12(13)17(19,20)21/h1-8H,9,22H2,(H,23,27). The number of rotatable bonds is 5. The summed E-state index contributed by atoms with van der Waals surface area (Å²) in [5, 5.41) is 10.1. The first-order chi connectivity index (χ1) is 13.3. The predicted molar refractivity (Wildman–Crippen MR) is 96.4 cm³/mol. The molecule has 0 aliphatic rings. The van der Waals surface area contributed by atoms with Gasteiger partial charge in [-0.3, -0.25) is 4.79 Å². The molecule has 3 N–H and O–H groups in total. The number of nitrogen functional groups attached to an aromatic ring is 1. The van der Waals surface area contributed by atoms with Crippen molar-refractivity contribution in [2.45, 2.75) is 11.3 Å². The van der Waals surface area contributed by atoms with Crippen LogP contribution in [0.1, 0.15) is 5.56 Å². The van der Waals surface area contributed by atoms with Gasteiger partial charge in [0.15, 0.2) is 5.82 Å². The highest BCUT2D eigenvalue weighted by molar-refractivity contribution is 7.99. The third kappa shape index (κ3) is 4.42. The molecule has 0 saturated heterocycles. The van der Waals surface area contributed by atoms with Crippen LogP contribution >= 0.6 is 11.8 Å². The van der Waals surface area contributed by atoms with E-state index in [9.17, 15) is 22.4 Å². The number of carbonyl (C=O) groups is 1. The average Bonchev–Trinajstić information content (AvgIpc) is 3.01. The second kappa shape index (κ2) is 7.89. The maximum absolute atomic E-state index is 13.0. The molecule has 1 amide bonds. The first kappa shape index (κ1) is 19.7. The van der Waals surface area contributed by atoms with Crippen molar-refractivity contribution >= 4 is 23.4 Å². The summed E-state index contributed by atoms with van der Waals surface area (Å²) in [7, 11) is 0. The number of alkyl halides is 3. The Labute approximate surface area is 160 Å². The summed E-state index contributed by atoms with van der Waals surface area (Å²) in [6, 6.07) is 10.1. The van der Waals surface area contributed by atoms with Crippen LogP contribution in [0.25, 0.3) is 11.4 Å². The number of nitrogens with zero attached hydrogens (tertiary/aromatic N) is 3. The second-order valence-electron chi connectivity index (χ2n) is 5.56. The number of nitrogens with two attached hydrogens (primary N) is 1. The largest absolute Gasteiger partial charge is 0.418 e. The minimum Gasteiger partial charge on any atom is -0.335 e. The Morgan fingerprint density at radius 2 is 1.79 bits per heavy atom. The molecule has 0 aliphatic heterocycles. The molecule has 6 nitrogen and oxygen atoms in total. The summed E-state index contributed by atoms with van der Waals surface area (Å²) >= 11 is 0.903. The molecule has 0 saturated carbocycles. The number of hydrogen-bond acceptors (Lipinski definition) is 5. The lowest BCUT2D eigenvalue weighted by molar-refractivity contribution is -0.137. The fourth-order valence-corrected chi connectivity index (χ4v) is 2.98. The van der Waals surface area contributed by atoms with Crippen molar-refractivity contribution in [1.82, 2.24) is 14.9 Å². The molecule has 0 atom stereocenters. The van der Waals surface area contributed by atoms with Crippen LogP contribution in [-0.2, 0) is 11.0 Å². The molecule has 2 aromatic carbocycles. The van der Waals surface area contributed by atoms with Gasteiger partial charge in [-0.2, -0.15) is 13.2 Å². The van der Waals surface area contributed by atoms with Gasteiger partial charge in [0.2, 0.25) is 11.1 Å². The van der Waals surface area contributed by atoms with Crippen LogP contribution in [-0.4, -0.2) is 26.5 Å². The summed E-state index contributed by atoms with van der Waals surface area (Å²) in [5.74, 6) is 4.84. The van der Waals surface area contributed by atoms with Crippen LogP contribution in [0.5, 0.6) is 0 Å². The molecule has 3 aromatic rings. The molecule has 1 aromatic heterocycles. The van der Waals surface area contributed by atoms with E-state index in [2.05, 4.69) is 15.5 Å². The van der Waals surface area contributed by atoms with Crippen molar-refractivity contribution in [3.8, 4) is 11.4 Å². The van der Waals surface area contributed by atoms with Gasteiger partial charge >= 0.3 is 6.18 Å². The molecule has 146 valence electrons. The number of carbonyl (C=O) groups excluding carboxylic acids is 1. The SMILES string of the molecule is Nn1c(SCC(=O)Nc2ccccc2C(F)(F)F)nnc1-c1ccc(F)cc1. The van der Waals surface area contributed by atoms with Crippen LogP contribution in [0.2, 0.25) is 0 Å². The van der Waals surface area contributed by atoms with Crippen molar-refractivity contribution in [2.24, 2.45) is 0 Å². The van der Waals surface area contributed by atoms with E-state index in [0.29, 0.717) is 5.56 Å². The van der Waals surface area contributed by atoms with Crippen molar-refractivity contribution in [3.05, 3.63) is 59.9 Å². The molecule has 0 unspecified atom stereocenters. The molecule has 1 heterocycles. The van der Waals surface area contributed by atoms with Crippen LogP contribution in [0, 0.1) is 5.82 Å². The smallest absolute Gasteiger partial charge is 0.335 e. The number of para-hydroxylation sites is 1. The molecule has 11 heteroatoms. The van der Waals surface area contributed by atoms with E-state index in [1.807, 2.05) is 0 Å². The fraction of sp³-hybridized carbons (Fsp3) is 0.118. The number of thioether (sulfide) groups is 1. The van der Waals surface area contributed by atoms with Crippen LogP contribution in [0.4, 0.5) is 23.2 Å². The Bertz CT molecular complexity index is 988. The van der Waals surface area contributed by atoms with Gasteiger partial charge in [0, 0.05) is 5.56 Å². The number of aromatic nitrogens is 3. The Morgan fingerprint density at radius 3 is 2.46 bits per heavy atom. The van der Waals surface area contributed by atoms with E-state index in [-0.39, 0.29) is 22.4 Å². The molecule has 3 rings (SSSR count). The van der Waals surface area contributed by atoms with E-state index in [4.69, 9.17) is 5.84 Å². The summed E-state index contributed by atoms with van der Waals surface area (Å²) in [6.45, 7) is 0. The Balaban J connectivity index is 1.67. The zero-order valence-electron chi connectivity index (χ0n) is 14.1. The number of amides is 1. The Morgan fingerprint density at radius 1 is 1.11 bits per heavy atom. The molecule has 28 heavy (non-hydrogen) atoms. The van der Waals surface area contributed by atoms with E-state index in [1.165, 1.54) is 42.5 Å². The first-order valence-corrected chi connectivity index (χ1v) is 8.79. The summed E-state index contributed by atoms with van der Waals surface area (Å²) < 4.78 is 53.0. The summed E-state index contributed by atoms with van der Waals surface area (Å²) in [4.78, 5) is 12.1. The highest BCUT2D eigenvalue weighted by Crippen LogP contribution is 2.34. The van der Waals surface area contributed by atoms with Crippen molar-refractivity contribution in [3.63, 3.8) is 0 Å². The van der Waals surface area contributed by atoms with Gasteiger partial charge in [0.05, 0.1) is 17.0 Å². The van der Waals surface area contributed by atoms with Gasteiger partial charge < -0.3 is 11.2 Å². The predicted octanol–water partition coefficient (Wildman–Crippen LogP) is 3.55. The number of anilines is 1. The van der Waals surface area contributed by atoms with Gasteiger partial charge in [-0.05, 0) is 36.4 Å². The average molecular weight is 411 g/mol. The van der Waals surface area contributed by atoms with Gasteiger partial charge in [0.1, 0.15) is 5.82 Å². The van der Waals surface area contributed by atoms with Gasteiger partial charge in [0.25, 0.3) is 0 Å². The molecule has 0 bridgehead atoms. The summed E-state index contributed by atoms with van der Waals surface area (Å²) in [5.41, 5.74) is -0.748.